The van der Waals surface area contributed by atoms with Crippen LogP contribution in [0.25, 0.3) is 0 Å². The summed E-state index contributed by atoms with van der Waals surface area (Å²) in [7, 11) is 0. The molecule has 2 amide bonds. The summed E-state index contributed by atoms with van der Waals surface area (Å²) in [5.41, 5.74) is 0.140. The first-order chi connectivity index (χ1) is 8.39. The van der Waals surface area contributed by atoms with Crippen molar-refractivity contribution in [1.29, 1.82) is 0 Å². The molecule has 0 saturated carbocycles. The fourth-order valence-corrected chi connectivity index (χ4v) is 1.47. The Hall–Kier alpha value is -2.04. The number of rotatable bonds is 5. The summed E-state index contributed by atoms with van der Waals surface area (Å²) >= 11 is 0. The van der Waals surface area contributed by atoms with Gasteiger partial charge < -0.3 is 15.7 Å². The molecule has 0 radical (unpaired) electrons. The monoisotopic (exact) mass is 250 g/mol. The number of hydrogen-bond acceptors (Lipinski definition) is 2. The summed E-state index contributed by atoms with van der Waals surface area (Å²) < 4.78 is 0. The molecule has 0 aliphatic carbocycles. The molecule has 0 spiro atoms. The molecular formula is C13H18N2O3. The zero-order chi connectivity index (χ0) is 13.6. The average molecular weight is 250 g/mol. The number of hydrogen-bond donors (Lipinski definition) is 3. The standard InChI is InChI=1S/C13H18N2O3/c1-13(2,9-8-11(16)17)15-12(18)14-10-6-4-3-5-7-10/h3-7H,8-9H2,1-2H3,(H,16,17)(H2,14,15,18). The van der Waals surface area contributed by atoms with Crippen LogP contribution >= 0.6 is 0 Å². The van der Waals surface area contributed by atoms with Crippen LogP contribution < -0.4 is 10.6 Å². The lowest BCUT2D eigenvalue weighted by Gasteiger charge is -2.25. The zero-order valence-corrected chi connectivity index (χ0v) is 10.6. The minimum absolute atomic E-state index is 0.0264. The number of nitrogens with one attached hydrogen (secondary N) is 2. The lowest BCUT2D eigenvalue weighted by atomic mass is 9.99. The van der Waals surface area contributed by atoms with Gasteiger partial charge in [0, 0.05) is 17.6 Å². The molecule has 0 aliphatic rings. The van der Waals surface area contributed by atoms with Crippen LogP contribution in [0.2, 0.25) is 0 Å². The first kappa shape index (κ1) is 14.0. The molecule has 18 heavy (non-hydrogen) atoms. The summed E-state index contributed by atoms with van der Waals surface area (Å²) in [6, 6.07) is 8.74. The summed E-state index contributed by atoms with van der Waals surface area (Å²) in [6.07, 6.45) is 0.406. The fourth-order valence-electron chi connectivity index (χ4n) is 1.47. The number of carboxylic acids is 1. The van der Waals surface area contributed by atoms with Crippen molar-refractivity contribution in [3.05, 3.63) is 30.3 Å². The lowest BCUT2D eigenvalue weighted by Crippen LogP contribution is -2.45. The normalized spacial score (nSPS) is 10.8. The van der Waals surface area contributed by atoms with E-state index in [0.29, 0.717) is 12.1 Å². The average Bonchev–Trinajstić information content (AvgIpc) is 2.27. The van der Waals surface area contributed by atoms with E-state index in [0.717, 1.165) is 0 Å². The minimum atomic E-state index is -0.867. The Kier molecular flexibility index (Phi) is 4.71. The molecule has 0 fully saturated rings. The molecule has 1 aromatic carbocycles. The Labute approximate surface area is 106 Å². The van der Waals surface area contributed by atoms with E-state index in [4.69, 9.17) is 5.11 Å². The van der Waals surface area contributed by atoms with Crippen molar-refractivity contribution in [1.82, 2.24) is 5.32 Å². The van der Waals surface area contributed by atoms with Crippen molar-refractivity contribution >= 4 is 17.7 Å². The Bertz CT molecular complexity index is 416. The SMILES string of the molecule is CC(C)(CCC(=O)O)NC(=O)Nc1ccccc1. The van der Waals surface area contributed by atoms with Gasteiger partial charge in [0.05, 0.1) is 0 Å². The number of urea groups is 1. The van der Waals surface area contributed by atoms with Gasteiger partial charge in [-0.1, -0.05) is 18.2 Å². The zero-order valence-electron chi connectivity index (χ0n) is 10.6. The highest BCUT2D eigenvalue weighted by atomic mass is 16.4. The maximum absolute atomic E-state index is 11.7. The van der Waals surface area contributed by atoms with Crippen molar-refractivity contribution in [2.75, 3.05) is 5.32 Å². The van der Waals surface area contributed by atoms with E-state index in [1.165, 1.54) is 0 Å². The van der Waals surface area contributed by atoms with Gasteiger partial charge in [-0.05, 0) is 32.4 Å². The predicted octanol–water partition coefficient (Wildman–Crippen LogP) is 2.45. The molecule has 1 rings (SSSR count). The topological polar surface area (TPSA) is 78.4 Å². The van der Waals surface area contributed by atoms with Crippen molar-refractivity contribution in [3.8, 4) is 0 Å². The summed E-state index contributed by atoms with van der Waals surface area (Å²) in [5.74, 6) is -0.867. The molecule has 5 nitrogen and oxygen atoms in total. The fraction of sp³-hybridized carbons (Fsp3) is 0.385. The lowest BCUT2D eigenvalue weighted by molar-refractivity contribution is -0.137. The largest absolute Gasteiger partial charge is 0.481 e. The van der Waals surface area contributed by atoms with Crippen LogP contribution in [0.4, 0.5) is 10.5 Å². The van der Waals surface area contributed by atoms with Gasteiger partial charge in [0.15, 0.2) is 0 Å². The molecule has 0 atom stereocenters. The molecule has 0 heterocycles. The molecule has 1 aromatic rings. The highest BCUT2D eigenvalue weighted by Gasteiger charge is 2.21. The highest BCUT2D eigenvalue weighted by Crippen LogP contribution is 2.12. The maximum Gasteiger partial charge on any atom is 0.319 e. The molecule has 0 aliphatic heterocycles. The molecule has 98 valence electrons. The van der Waals surface area contributed by atoms with E-state index in [9.17, 15) is 9.59 Å². The molecule has 3 N–H and O–H groups in total. The molecule has 0 aromatic heterocycles. The second-order valence-corrected chi connectivity index (χ2v) is 4.72. The molecule has 0 bridgehead atoms. The number of carboxylic acid groups (broad SMARTS) is 1. The summed E-state index contributed by atoms with van der Waals surface area (Å²) in [4.78, 5) is 22.2. The van der Waals surface area contributed by atoms with Crippen LogP contribution in [0.1, 0.15) is 26.7 Å². The van der Waals surface area contributed by atoms with Gasteiger partial charge in [-0.3, -0.25) is 4.79 Å². The number of amides is 2. The Balaban J connectivity index is 2.46. The van der Waals surface area contributed by atoms with Crippen LogP contribution in [-0.4, -0.2) is 22.6 Å². The van der Waals surface area contributed by atoms with E-state index >= 15 is 0 Å². The molecular weight excluding hydrogens is 232 g/mol. The van der Waals surface area contributed by atoms with E-state index in [1.807, 2.05) is 18.2 Å². The predicted molar refractivity (Wildman–Crippen MR) is 69.5 cm³/mol. The third-order valence-electron chi connectivity index (χ3n) is 2.45. The Morgan fingerprint density at radius 2 is 1.83 bits per heavy atom. The van der Waals surface area contributed by atoms with Gasteiger partial charge in [-0.2, -0.15) is 0 Å². The second kappa shape index (κ2) is 6.05. The van der Waals surface area contributed by atoms with Gasteiger partial charge in [0.1, 0.15) is 0 Å². The molecule has 0 unspecified atom stereocenters. The van der Waals surface area contributed by atoms with Crippen LogP contribution in [0.5, 0.6) is 0 Å². The van der Waals surface area contributed by atoms with Crippen molar-refractivity contribution in [2.24, 2.45) is 0 Å². The van der Waals surface area contributed by atoms with Crippen molar-refractivity contribution in [3.63, 3.8) is 0 Å². The number of carbonyl (C=O) groups is 2. The van der Waals surface area contributed by atoms with Crippen molar-refractivity contribution in [2.45, 2.75) is 32.2 Å². The van der Waals surface area contributed by atoms with Gasteiger partial charge in [-0.25, -0.2) is 4.79 Å². The van der Waals surface area contributed by atoms with E-state index in [2.05, 4.69) is 10.6 Å². The maximum atomic E-state index is 11.7. The van der Waals surface area contributed by atoms with Gasteiger partial charge in [-0.15, -0.1) is 0 Å². The second-order valence-electron chi connectivity index (χ2n) is 4.72. The smallest absolute Gasteiger partial charge is 0.319 e. The summed E-state index contributed by atoms with van der Waals surface area (Å²) in [5, 5.41) is 14.1. The number of carbonyl (C=O) groups excluding carboxylic acids is 1. The summed E-state index contributed by atoms with van der Waals surface area (Å²) in [6.45, 7) is 3.58. The number of benzene rings is 1. The number of anilines is 1. The first-order valence-corrected chi connectivity index (χ1v) is 5.75. The van der Waals surface area contributed by atoms with E-state index in [-0.39, 0.29) is 12.5 Å². The van der Waals surface area contributed by atoms with Gasteiger partial charge in [0.2, 0.25) is 0 Å². The molecule has 5 heteroatoms. The number of aliphatic carboxylic acids is 1. The van der Waals surface area contributed by atoms with Crippen LogP contribution in [0.15, 0.2) is 30.3 Å². The quantitative estimate of drug-likeness (QED) is 0.751. The minimum Gasteiger partial charge on any atom is -0.481 e. The van der Waals surface area contributed by atoms with Crippen LogP contribution in [-0.2, 0) is 4.79 Å². The van der Waals surface area contributed by atoms with Gasteiger partial charge >= 0.3 is 12.0 Å². The number of para-hydroxylation sites is 1. The van der Waals surface area contributed by atoms with Crippen LogP contribution in [0.3, 0.4) is 0 Å². The van der Waals surface area contributed by atoms with E-state index in [1.54, 1.807) is 26.0 Å². The van der Waals surface area contributed by atoms with Crippen molar-refractivity contribution < 1.29 is 14.7 Å². The Morgan fingerprint density at radius 3 is 2.39 bits per heavy atom. The van der Waals surface area contributed by atoms with Gasteiger partial charge in [0.25, 0.3) is 0 Å². The highest BCUT2D eigenvalue weighted by molar-refractivity contribution is 5.89. The Morgan fingerprint density at radius 1 is 1.22 bits per heavy atom. The molecule has 0 saturated heterocycles. The third kappa shape index (κ3) is 5.34. The van der Waals surface area contributed by atoms with Crippen LogP contribution in [0, 0.1) is 0 Å². The first-order valence-electron chi connectivity index (χ1n) is 5.75. The third-order valence-corrected chi connectivity index (χ3v) is 2.45. The van der Waals surface area contributed by atoms with E-state index < -0.39 is 11.5 Å².